The fraction of sp³-hybridized carbons (Fsp3) is 0.889. The summed E-state index contributed by atoms with van der Waals surface area (Å²) in [4.78, 5) is 21.0. The largest absolute Gasteiger partial charge is 0.359 e. The molecule has 144 valence electrons. The molecule has 25 heavy (non-hydrogen) atoms. The van der Waals surface area contributed by atoms with Crippen molar-refractivity contribution in [3.8, 4) is 0 Å². The van der Waals surface area contributed by atoms with Gasteiger partial charge >= 0.3 is 0 Å². The summed E-state index contributed by atoms with van der Waals surface area (Å²) in [5.41, 5.74) is 0. The van der Waals surface area contributed by atoms with E-state index in [1.165, 1.54) is 32.4 Å². The third kappa shape index (κ3) is 5.98. The van der Waals surface area contributed by atoms with Gasteiger partial charge in [-0.05, 0) is 50.5 Å². The molecule has 1 atom stereocenters. The number of nitrogens with zero attached hydrogens (tertiary/aromatic N) is 3. The molecule has 3 rings (SSSR count). The first-order chi connectivity index (χ1) is 11.7. The van der Waals surface area contributed by atoms with Crippen LogP contribution in [-0.4, -0.2) is 74.5 Å². The summed E-state index contributed by atoms with van der Waals surface area (Å²) in [6.07, 6.45) is 6.95. The molecule has 1 unspecified atom stereocenters. The van der Waals surface area contributed by atoms with Crippen molar-refractivity contribution in [2.75, 3.05) is 46.8 Å². The minimum atomic E-state index is 0. The van der Waals surface area contributed by atoms with E-state index in [0.717, 1.165) is 50.4 Å². The van der Waals surface area contributed by atoms with E-state index in [2.05, 4.69) is 25.4 Å². The van der Waals surface area contributed by atoms with E-state index >= 15 is 0 Å². The van der Waals surface area contributed by atoms with Crippen LogP contribution in [0, 0.1) is 11.8 Å². The average Bonchev–Trinajstić information content (AvgIpc) is 3.35. The van der Waals surface area contributed by atoms with Crippen LogP contribution in [0.15, 0.2) is 4.99 Å². The predicted octanol–water partition coefficient (Wildman–Crippen LogP) is 1.51. The van der Waals surface area contributed by atoms with Gasteiger partial charge in [-0.15, -0.1) is 24.0 Å². The number of halogens is 1. The highest BCUT2D eigenvalue weighted by atomic mass is 127. The molecule has 7 heteroatoms. The number of carbonyl (C=O) groups excluding carboxylic acids is 1. The van der Waals surface area contributed by atoms with Gasteiger partial charge in [0.2, 0.25) is 5.91 Å². The van der Waals surface area contributed by atoms with Gasteiger partial charge in [0, 0.05) is 52.7 Å². The van der Waals surface area contributed by atoms with Crippen LogP contribution in [0.5, 0.6) is 0 Å². The summed E-state index contributed by atoms with van der Waals surface area (Å²) < 4.78 is 0. The Labute approximate surface area is 169 Å². The second-order valence-electron chi connectivity index (χ2n) is 7.62. The molecule has 2 N–H and O–H groups in total. The topological polar surface area (TPSA) is 60.0 Å². The van der Waals surface area contributed by atoms with Gasteiger partial charge in [-0.2, -0.15) is 0 Å². The van der Waals surface area contributed by atoms with Gasteiger partial charge in [-0.25, -0.2) is 0 Å². The van der Waals surface area contributed by atoms with Crippen molar-refractivity contribution in [1.29, 1.82) is 0 Å². The van der Waals surface area contributed by atoms with Crippen LogP contribution >= 0.6 is 24.0 Å². The zero-order valence-corrected chi connectivity index (χ0v) is 18.0. The van der Waals surface area contributed by atoms with E-state index in [0.29, 0.717) is 12.3 Å². The first-order valence-corrected chi connectivity index (χ1v) is 9.59. The second-order valence-corrected chi connectivity index (χ2v) is 7.62. The molecule has 3 fully saturated rings. The monoisotopic (exact) mass is 463 g/mol. The number of piperidine rings is 1. The van der Waals surface area contributed by atoms with Gasteiger partial charge in [0.1, 0.15) is 0 Å². The van der Waals surface area contributed by atoms with E-state index in [4.69, 9.17) is 0 Å². The fourth-order valence-corrected chi connectivity index (χ4v) is 4.08. The zero-order valence-electron chi connectivity index (χ0n) is 15.7. The molecule has 0 aromatic rings. The van der Waals surface area contributed by atoms with Crippen molar-refractivity contribution in [1.82, 2.24) is 20.4 Å². The molecule has 1 aliphatic carbocycles. The first kappa shape index (κ1) is 20.7. The minimum Gasteiger partial charge on any atom is -0.359 e. The number of nitrogens with one attached hydrogen (secondary N) is 2. The molecule has 0 bridgehead atoms. The van der Waals surface area contributed by atoms with Gasteiger partial charge < -0.3 is 20.4 Å². The molecule has 6 nitrogen and oxygen atoms in total. The number of rotatable bonds is 5. The molecule has 2 saturated heterocycles. The Morgan fingerprint density at radius 2 is 1.76 bits per heavy atom. The molecule has 3 aliphatic rings. The van der Waals surface area contributed by atoms with Gasteiger partial charge in [0.15, 0.2) is 5.96 Å². The Balaban J connectivity index is 0.00000225. The number of amides is 1. The summed E-state index contributed by atoms with van der Waals surface area (Å²) >= 11 is 0. The van der Waals surface area contributed by atoms with Gasteiger partial charge in [-0.1, -0.05) is 0 Å². The zero-order chi connectivity index (χ0) is 16.9. The highest BCUT2D eigenvalue weighted by Gasteiger charge is 2.34. The summed E-state index contributed by atoms with van der Waals surface area (Å²) in [6, 6.07) is 0.897. The molecule has 0 spiro atoms. The van der Waals surface area contributed by atoms with E-state index < -0.39 is 0 Å². The highest BCUT2D eigenvalue weighted by Crippen LogP contribution is 2.31. The van der Waals surface area contributed by atoms with E-state index in [9.17, 15) is 4.79 Å². The number of hydrogen-bond acceptors (Lipinski definition) is 3. The maximum absolute atomic E-state index is 11.5. The third-order valence-electron chi connectivity index (χ3n) is 5.81. The van der Waals surface area contributed by atoms with Crippen molar-refractivity contribution in [3.05, 3.63) is 0 Å². The van der Waals surface area contributed by atoms with Crippen molar-refractivity contribution >= 4 is 35.8 Å². The van der Waals surface area contributed by atoms with Crippen LogP contribution in [-0.2, 0) is 4.79 Å². The van der Waals surface area contributed by atoms with Gasteiger partial charge in [0.05, 0.1) is 0 Å². The second kappa shape index (κ2) is 9.94. The van der Waals surface area contributed by atoms with Crippen LogP contribution in [0.4, 0.5) is 0 Å². The number of hydrogen-bond donors (Lipinski definition) is 2. The Bertz CT molecular complexity index is 460. The maximum atomic E-state index is 11.5. The SMILES string of the molecule is CN=C(NCC1CCN(C2CC2)C1)N1CCC(CC(=O)NC)CC1.I. The molecular weight excluding hydrogens is 429 g/mol. The third-order valence-corrected chi connectivity index (χ3v) is 5.81. The Morgan fingerprint density at radius 3 is 2.36 bits per heavy atom. The van der Waals surface area contributed by atoms with E-state index in [-0.39, 0.29) is 29.9 Å². The van der Waals surface area contributed by atoms with Crippen LogP contribution in [0.3, 0.4) is 0 Å². The quantitative estimate of drug-likeness (QED) is 0.369. The van der Waals surface area contributed by atoms with Crippen molar-refractivity contribution in [3.63, 3.8) is 0 Å². The van der Waals surface area contributed by atoms with Crippen LogP contribution in [0.25, 0.3) is 0 Å². The van der Waals surface area contributed by atoms with Gasteiger partial charge in [-0.3, -0.25) is 9.79 Å². The van der Waals surface area contributed by atoms with E-state index in [1.807, 2.05) is 7.05 Å². The molecule has 0 radical (unpaired) electrons. The van der Waals surface area contributed by atoms with E-state index in [1.54, 1.807) is 7.05 Å². The predicted molar refractivity (Wildman–Crippen MR) is 112 cm³/mol. The minimum absolute atomic E-state index is 0. The lowest BCUT2D eigenvalue weighted by molar-refractivity contribution is -0.121. The summed E-state index contributed by atoms with van der Waals surface area (Å²) in [6.45, 7) is 5.57. The Kier molecular flexibility index (Phi) is 8.25. The fourth-order valence-electron chi connectivity index (χ4n) is 4.08. The Hall–Kier alpha value is -0.570. The summed E-state index contributed by atoms with van der Waals surface area (Å²) in [5.74, 6) is 2.48. The molecular formula is C18H34IN5O. The van der Waals surface area contributed by atoms with Crippen LogP contribution in [0.1, 0.15) is 38.5 Å². The number of likely N-dealkylation sites (tertiary alicyclic amines) is 2. The molecule has 2 aliphatic heterocycles. The van der Waals surface area contributed by atoms with Crippen molar-refractivity contribution in [2.24, 2.45) is 16.8 Å². The smallest absolute Gasteiger partial charge is 0.220 e. The highest BCUT2D eigenvalue weighted by molar-refractivity contribution is 14.0. The number of guanidine groups is 1. The molecule has 1 saturated carbocycles. The van der Waals surface area contributed by atoms with Crippen LogP contribution < -0.4 is 10.6 Å². The normalized spacial score (nSPS) is 25.6. The van der Waals surface area contributed by atoms with Crippen molar-refractivity contribution in [2.45, 2.75) is 44.6 Å². The molecule has 1 amide bonds. The maximum Gasteiger partial charge on any atom is 0.220 e. The molecule has 0 aromatic carbocycles. The van der Waals surface area contributed by atoms with Crippen LogP contribution in [0.2, 0.25) is 0 Å². The lowest BCUT2D eigenvalue weighted by Crippen LogP contribution is -2.47. The average molecular weight is 463 g/mol. The first-order valence-electron chi connectivity index (χ1n) is 9.59. The lowest BCUT2D eigenvalue weighted by atomic mass is 9.93. The number of aliphatic imine (C=N–C) groups is 1. The number of carbonyl (C=O) groups is 1. The summed E-state index contributed by atoms with van der Waals surface area (Å²) in [5, 5.41) is 6.33. The molecule has 0 aromatic heterocycles. The van der Waals surface area contributed by atoms with Crippen molar-refractivity contribution < 1.29 is 4.79 Å². The lowest BCUT2D eigenvalue weighted by Gasteiger charge is -2.34. The standard InChI is InChI=1S/C18H33N5O.HI/c1-19-17(24)11-14-5-8-22(9-6-14)18(20-2)21-12-15-7-10-23(13-15)16-3-4-16;/h14-16H,3-13H2,1-2H3,(H,19,24)(H,20,21);1H. The summed E-state index contributed by atoms with van der Waals surface area (Å²) in [7, 11) is 3.60. The molecule has 2 heterocycles. The Morgan fingerprint density at radius 1 is 1.08 bits per heavy atom. The van der Waals surface area contributed by atoms with Gasteiger partial charge in [0.25, 0.3) is 0 Å².